The van der Waals surface area contributed by atoms with Crippen molar-refractivity contribution in [2.45, 2.75) is 19.0 Å². The Morgan fingerprint density at radius 1 is 1.29 bits per heavy atom. The third-order valence-corrected chi connectivity index (χ3v) is 3.27. The molecule has 0 bridgehead atoms. The van der Waals surface area contributed by atoms with E-state index in [0.29, 0.717) is 23.1 Å². The van der Waals surface area contributed by atoms with Crippen LogP contribution in [0, 0.1) is 0 Å². The molecule has 1 aliphatic rings. The number of amides is 1. The zero-order valence-corrected chi connectivity index (χ0v) is 10.3. The van der Waals surface area contributed by atoms with Gasteiger partial charge in [0.1, 0.15) is 0 Å². The number of carbonyl (C=O) groups excluding carboxylic acids is 1. The van der Waals surface area contributed by atoms with Crippen LogP contribution in [-0.4, -0.2) is 12.5 Å². The average Bonchev–Trinajstić information content (AvgIpc) is 2.63. The van der Waals surface area contributed by atoms with Crippen molar-refractivity contribution >= 4 is 27.5 Å². The third kappa shape index (κ3) is 2.46. The summed E-state index contributed by atoms with van der Waals surface area (Å²) in [5, 5.41) is 0. The molecule has 0 aromatic heterocycles. The SMILES string of the molecule is O=C1CCCN1c1ccc(C(F)(F)F)cc1Br. The van der Waals surface area contributed by atoms with Gasteiger partial charge in [-0.15, -0.1) is 0 Å². The van der Waals surface area contributed by atoms with Crippen molar-refractivity contribution in [2.75, 3.05) is 11.4 Å². The summed E-state index contributed by atoms with van der Waals surface area (Å²) in [5.74, 6) is -0.0505. The summed E-state index contributed by atoms with van der Waals surface area (Å²) in [7, 11) is 0. The first-order valence-electron chi connectivity index (χ1n) is 5.07. The summed E-state index contributed by atoms with van der Waals surface area (Å²) in [6, 6.07) is 3.32. The van der Waals surface area contributed by atoms with Crippen molar-refractivity contribution in [2.24, 2.45) is 0 Å². The van der Waals surface area contributed by atoms with Gasteiger partial charge >= 0.3 is 6.18 Å². The molecule has 17 heavy (non-hydrogen) atoms. The predicted octanol–water partition coefficient (Wildman–Crippen LogP) is 3.59. The van der Waals surface area contributed by atoms with Gasteiger partial charge in [-0.25, -0.2) is 0 Å². The molecule has 1 saturated heterocycles. The van der Waals surface area contributed by atoms with Crippen LogP contribution in [0.25, 0.3) is 0 Å². The highest BCUT2D eigenvalue weighted by atomic mass is 79.9. The van der Waals surface area contributed by atoms with E-state index in [2.05, 4.69) is 15.9 Å². The molecule has 1 aromatic rings. The molecule has 1 aromatic carbocycles. The van der Waals surface area contributed by atoms with E-state index in [4.69, 9.17) is 0 Å². The Balaban J connectivity index is 2.35. The second-order valence-electron chi connectivity index (χ2n) is 3.81. The number of nitrogens with zero attached hydrogens (tertiary/aromatic N) is 1. The Morgan fingerprint density at radius 3 is 2.47 bits per heavy atom. The van der Waals surface area contributed by atoms with Crippen LogP contribution in [0.4, 0.5) is 18.9 Å². The summed E-state index contributed by atoms with van der Waals surface area (Å²) >= 11 is 3.08. The van der Waals surface area contributed by atoms with Crippen LogP contribution in [-0.2, 0) is 11.0 Å². The number of halogens is 4. The number of rotatable bonds is 1. The van der Waals surface area contributed by atoms with E-state index in [1.54, 1.807) is 0 Å². The molecule has 6 heteroatoms. The van der Waals surface area contributed by atoms with Crippen molar-refractivity contribution < 1.29 is 18.0 Å². The summed E-state index contributed by atoms with van der Waals surface area (Å²) in [6.07, 6.45) is -3.17. The quantitative estimate of drug-likeness (QED) is 0.776. The van der Waals surface area contributed by atoms with Crippen molar-refractivity contribution in [1.82, 2.24) is 0 Å². The lowest BCUT2D eigenvalue weighted by atomic mass is 10.2. The fourth-order valence-electron chi connectivity index (χ4n) is 1.80. The van der Waals surface area contributed by atoms with Crippen LogP contribution in [0.5, 0.6) is 0 Å². The molecule has 0 radical (unpaired) electrons. The van der Waals surface area contributed by atoms with Crippen LogP contribution in [0.1, 0.15) is 18.4 Å². The lowest BCUT2D eigenvalue weighted by Crippen LogP contribution is -2.24. The Hall–Kier alpha value is -1.04. The first-order chi connectivity index (χ1) is 7.89. The molecule has 92 valence electrons. The van der Waals surface area contributed by atoms with Crippen LogP contribution < -0.4 is 4.90 Å². The van der Waals surface area contributed by atoms with E-state index >= 15 is 0 Å². The maximum Gasteiger partial charge on any atom is 0.416 e. The van der Waals surface area contributed by atoms with Gasteiger partial charge in [0.2, 0.25) is 5.91 Å². The lowest BCUT2D eigenvalue weighted by molar-refractivity contribution is -0.137. The molecule has 2 nitrogen and oxygen atoms in total. The van der Waals surface area contributed by atoms with Crippen LogP contribution >= 0.6 is 15.9 Å². The smallest absolute Gasteiger partial charge is 0.311 e. The summed E-state index contributed by atoms with van der Waals surface area (Å²) < 4.78 is 37.7. The van der Waals surface area contributed by atoms with Gasteiger partial charge in [-0.2, -0.15) is 13.2 Å². The highest BCUT2D eigenvalue weighted by molar-refractivity contribution is 9.10. The zero-order valence-electron chi connectivity index (χ0n) is 8.72. The van der Waals surface area contributed by atoms with Crippen LogP contribution in [0.2, 0.25) is 0 Å². The first kappa shape index (κ1) is 12.4. The Bertz CT molecular complexity index is 459. The van der Waals surface area contributed by atoms with E-state index in [9.17, 15) is 18.0 Å². The number of hydrogen-bond acceptors (Lipinski definition) is 1. The van der Waals surface area contributed by atoms with Gasteiger partial charge in [0.25, 0.3) is 0 Å². The van der Waals surface area contributed by atoms with Gasteiger partial charge in [0.15, 0.2) is 0 Å². The summed E-state index contributed by atoms with van der Waals surface area (Å²) in [4.78, 5) is 13.0. The van der Waals surface area contributed by atoms with Crippen molar-refractivity contribution in [3.8, 4) is 0 Å². The number of anilines is 1. The Labute approximate surface area is 105 Å². The summed E-state index contributed by atoms with van der Waals surface area (Å²) in [6.45, 7) is 0.558. The minimum atomic E-state index is -4.37. The van der Waals surface area contributed by atoms with E-state index in [0.717, 1.165) is 18.6 Å². The largest absolute Gasteiger partial charge is 0.416 e. The lowest BCUT2D eigenvalue weighted by Gasteiger charge is -2.18. The number of hydrogen-bond donors (Lipinski definition) is 0. The minimum Gasteiger partial charge on any atom is -0.311 e. The number of carbonyl (C=O) groups is 1. The average molecular weight is 308 g/mol. The zero-order chi connectivity index (χ0) is 12.6. The van der Waals surface area contributed by atoms with Crippen molar-refractivity contribution in [3.05, 3.63) is 28.2 Å². The Kier molecular flexibility index (Phi) is 3.16. The molecule has 0 unspecified atom stereocenters. The molecule has 0 atom stereocenters. The van der Waals surface area contributed by atoms with E-state index in [1.807, 2.05) is 0 Å². The second-order valence-corrected chi connectivity index (χ2v) is 4.67. The molecule has 0 N–H and O–H groups in total. The Morgan fingerprint density at radius 2 is 2.00 bits per heavy atom. The standard InChI is InChI=1S/C11H9BrF3NO/c12-8-6-7(11(13,14)15)3-4-9(8)16-5-1-2-10(16)17/h3-4,6H,1-2,5H2. The van der Waals surface area contributed by atoms with Gasteiger partial charge in [-0.1, -0.05) is 0 Å². The van der Waals surface area contributed by atoms with E-state index < -0.39 is 11.7 Å². The third-order valence-electron chi connectivity index (χ3n) is 2.64. The van der Waals surface area contributed by atoms with Gasteiger partial charge in [0.05, 0.1) is 11.3 Å². The van der Waals surface area contributed by atoms with E-state index in [-0.39, 0.29) is 5.91 Å². The van der Waals surface area contributed by atoms with Gasteiger partial charge in [0, 0.05) is 17.4 Å². The molecule has 1 aliphatic heterocycles. The highest BCUT2D eigenvalue weighted by Crippen LogP contribution is 2.36. The summed E-state index contributed by atoms with van der Waals surface area (Å²) in [5.41, 5.74) is -0.222. The topological polar surface area (TPSA) is 20.3 Å². The fraction of sp³-hybridized carbons (Fsp3) is 0.364. The monoisotopic (exact) mass is 307 g/mol. The maximum atomic E-state index is 12.5. The van der Waals surface area contributed by atoms with Gasteiger partial charge in [-0.3, -0.25) is 4.79 Å². The maximum absolute atomic E-state index is 12.5. The van der Waals surface area contributed by atoms with Crippen LogP contribution in [0.3, 0.4) is 0 Å². The number of alkyl halides is 3. The fourth-order valence-corrected chi connectivity index (χ4v) is 2.40. The van der Waals surface area contributed by atoms with Crippen molar-refractivity contribution in [1.29, 1.82) is 0 Å². The van der Waals surface area contributed by atoms with Crippen LogP contribution in [0.15, 0.2) is 22.7 Å². The van der Waals surface area contributed by atoms with E-state index in [1.165, 1.54) is 11.0 Å². The molecule has 0 saturated carbocycles. The first-order valence-corrected chi connectivity index (χ1v) is 5.86. The van der Waals surface area contributed by atoms with Gasteiger partial charge < -0.3 is 4.90 Å². The molecule has 1 amide bonds. The molecule has 0 aliphatic carbocycles. The van der Waals surface area contributed by atoms with Gasteiger partial charge in [-0.05, 0) is 40.5 Å². The second kappa shape index (κ2) is 4.33. The predicted molar refractivity (Wildman–Crippen MR) is 60.7 cm³/mol. The molecule has 2 rings (SSSR count). The molecule has 1 fully saturated rings. The van der Waals surface area contributed by atoms with Crippen molar-refractivity contribution in [3.63, 3.8) is 0 Å². The molecular weight excluding hydrogens is 299 g/mol. The highest BCUT2D eigenvalue weighted by Gasteiger charge is 2.32. The molecular formula is C11H9BrF3NO. The molecule has 1 heterocycles. The molecule has 0 spiro atoms. The number of benzene rings is 1. The normalized spacial score (nSPS) is 16.7. The minimum absolute atomic E-state index is 0.0505.